The van der Waals surface area contributed by atoms with E-state index in [9.17, 15) is 4.79 Å². The molecule has 1 unspecified atom stereocenters. The highest BCUT2D eigenvalue weighted by molar-refractivity contribution is 5.76. The number of aryl methyl sites for hydroxylation is 1. The molecule has 1 saturated heterocycles. The lowest BCUT2D eigenvalue weighted by atomic mass is 10.1. The van der Waals surface area contributed by atoms with Crippen LogP contribution < -0.4 is 9.64 Å². The van der Waals surface area contributed by atoms with Crippen molar-refractivity contribution in [1.82, 2.24) is 15.1 Å². The lowest BCUT2D eigenvalue weighted by molar-refractivity contribution is -0.130. The van der Waals surface area contributed by atoms with E-state index in [4.69, 9.17) is 4.74 Å². The number of hydrogen-bond acceptors (Lipinski definition) is 5. The standard InChI is InChI=1S/C21H28N4O2/c1-24(2)19-12-13-20(23-22-19)27-18-14-15-25(16-18)21(26)11-7-6-10-17-8-4-3-5-9-17/h3-5,8-9,12-13,18H,6-7,10-11,14-16H2,1-2H3. The highest BCUT2D eigenvalue weighted by atomic mass is 16.5. The van der Waals surface area contributed by atoms with Crippen molar-refractivity contribution in [1.29, 1.82) is 0 Å². The van der Waals surface area contributed by atoms with Crippen molar-refractivity contribution in [3.05, 3.63) is 48.0 Å². The number of amides is 1. The van der Waals surface area contributed by atoms with Crippen molar-refractivity contribution >= 4 is 11.7 Å². The molecule has 0 aliphatic carbocycles. The van der Waals surface area contributed by atoms with Gasteiger partial charge in [-0.05, 0) is 30.9 Å². The van der Waals surface area contributed by atoms with Gasteiger partial charge in [0.25, 0.3) is 0 Å². The van der Waals surface area contributed by atoms with Gasteiger partial charge < -0.3 is 14.5 Å². The van der Waals surface area contributed by atoms with Crippen LogP contribution in [0.2, 0.25) is 0 Å². The van der Waals surface area contributed by atoms with Gasteiger partial charge in [0, 0.05) is 39.5 Å². The van der Waals surface area contributed by atoms with Gasteiger partial charge in [-0.25, -0.2) is 0 Å². The van der Waals surface area contributed by atoms with Crippen LogP contribution in [0.5, 0.6) is 5.88 Å². The molecule has 0 bridgehead atoms. The molecule has 6 heteroatoms. The van der Waals surface area contributed by atoms with E-state index >= 15 is 0 Å². The summed E-state index contributed by atoms with van der Waals surface area (Å²) in [6, 6.07) is 14.1. The molecule has 0 N–H and O–H groups in total. The van der Waals surface area contributed by atoms with Crippen LogP contribution in [0, 0.1) is 0 Å². The van der Waals surface area contributed by atoms with Crippen LogP contribution in [0.3, 0.4) is 0 Å². The van der Waals surface area contributed by atoms with Crippen molar-refractivity contribution in [3.63, 3.8) is 0 Å². The Labute approximate surface area is 161 Å². The van der Waals surface area contributed by atoms with Crippen LogP contribution in [-0.2, 0) is 11.2 Å². The molecule has 0 spiro atoms. The lowest BCUT2D eigenvalue weighted by Crippen LogP contribution is -2.30. The molecule has 0 saturated carbocycles. The summed E-state index contributed by atoms with van der Waals surface area (Å²) in [5, 5.41) is 8.23. The van der Waals surface area contributed by atoms with Gasteiger partial charge in [0.05, 0.1) is 6.54 Å². The van der Waals surface area contributed by atoms with Crippen LogP contribution in [0.4, 0.5) is 5.82 Å². The first-order chi connectivity index (χ1) is 13.1. The molecular formula is C21H28N4O2. The van der Waals surface area contributed by atoms with E-state index in [0.29, 0.717) is 18.8 Å². The third-order valence-corrected chi connectivity index (χ3v) is 4.82. The topological polar surface area (TPSA) is 58.6 Å². The van der Waals surface area contributed by atoms with E-state index in [1.54, 1.807) is 0 Å². The number of nitrogens with zero attached hydrogens (tertiary/aromatic N) is 4. The summed E-state index contributed by atoms with van der Waals surface area (Å²) in [5.74, 6) is 1.53. The molecule has 1 aliphatic rings. The lowest BCUT2D eigenvalue weighted by Gasteiger charge is -2.17. The van der Waals surface area contributed by atoms with Crippen molar-refractivity contribution < 1.29 is 9.53 Å². The van der Waals surface area contributed by atoms with E-state index in [1.807, 2.05) is 42.1 Å². The second kappa shape index (κ2) is 9.35. The number of unbranched alkanes of at least 4 members (excludes halogenated alkanes) is 1. The summed E-state index contributed by atoms with van der Waals surface area (Å²) in [6.07, 6.45) is 4.44. The molecule has 1 fully saturated rings. The minimum absolute atomic E-state index is 0.00206. The molecule has 1 aromatic carbocycles. The predicted molar refractivity (Wildman–Crippen MR) is 106 cm³/mol. The monoisotopic (exact) mass is 368 g/mol. The Morgan fingerprint density at radius 3 is 2.67 bits per heavy atom. The number of carbonyl (C=O) groups is 1. The minimum atomic E-state index is -0.00206. The van der Waals surface area contributed by atoms with E-state index in [0.717, 1.165) is 38.0 Å². The third kappa shape index (κ3) is 5.67. The normalized spacial score (nSPS) is 16.4. The summed E-state index contributed by atoms with van der Waals surface area (Å²) >= 11 is 0. The molecule has 1 aromatic heterocycles. The van der Waals surface area contributed by atoms with Gasteiger partial charge in [-0.1, -0.05) is 30.3 Å². The Bertz CT molecular complexity index is 719. The Morgan fingerprint density at radius 1 is 1.15 bits per heavy atom. The smallest absolute Gasteiger partial charge is 0.233 e. The van der Waals surface area contributed by atoms with Crippen LogP contribution >= 0.6 is 0 Å². The van der Waals surface area contributed by atoms with Gasteiger partial charge in [-0.2, -0.15) is 0 Å². The molecule has 2 aromatic rings. The molecule has 1 aliphatic heterocycles. The molecule has 0 radical (unpaired) electrons. The number of ether oxygens (including phenoxy) is 1. The molecule has 1 amide bonds. The first kappa shape index (κ1) is 19.1. The molecule has 2 heterocycles. The summed E-state index contributed by atoms with van der Waals surface area (Å²) in [5.41, 5.74) is 1.33. The van der Waals surface area contributed by atoms with E-state index < -0.39 is 0 Å². The van der Waals surface area contributed by atoms with Crippen molar-refractivity contribution in [2.45, 2.75) is 38.2 Å². The first-order valence-corrected chi connectivity index (χ1v) is 9.61. The number of hydrogen-bond donors (Lipinski definition) is 0. The zero-order chi connectivity index (χ0) is 19.1. The summed E-state index contributed by atoms with van der Waals surface area (Å²) in [7, 11) is 3.84. The van der Waals surface area contributed by atoms with Gasteiger partial charge >= 0.3 is 0 Å². The molecule has 144 valence electrons. The van der Waals surface area contributed by atoms with Gasteiger partial charge in [-0.15, -0.1) is 10.2 Å². The fraction of sp³-hybridized carbons (Fsp3) is 0.476. The van der Waals surface area contributed by atoms with Crippen LogP contribution in [0.1, 0.15) is 31.2 Å². The maximum atomic E-state index is 12.4. The number of benzene rings is 1. The maximum Gasteiger partial charge on any atom is 0.233 e. The Balaban J connectivity index is 1.37. The average molecular weight is 368 g/mol. The Kier molecular flexibility index (Phi) is 6.63. The van der Waals surface area contributed by atoms with Crippen LogP contribution in [0.25, 0.3) is 0 Å². The number of anilines is 1. The predicted octanol–water partition coefficient (Wildman–Crippen LogP) is 2.94. The second-order valence-corrected chi connectivity index (χ2v) is 7.19. The SMILES string of the molecule is CN(C)c1ccc(OC2CCN(C(=O)CCCCc3ccccc3)C2)nn1. The highest BCUT2D eigenvalue weighted by Crippen LogP contribution is 2.19. The zero-order valence-corrected chi connectivity index (χ0v) is 16.2. The zero-order valence-electron chi connectivity index (χ0n) is 16.2. The number of rotatable bonds is 8. The average Bonchev–Trinajstić information content (AvgIpc) is 3.15. The van der Waals surface area contributed by atoms with E-state index in [1.165, 1.54) is 5.56 Å². The molecule has 27 heavy (non-hydrogen) atoms. The van der Waals surface area contributed by atoms with Crippen molar-refractivity contribution in [2.24, 2.45) is 0 Å². The highest BCUT2D eigenvalue weighted by Gasteiger charge is 2.27. The van der Waals surface area contributed by atoms with Crippen molar-refractivity contribution in [2.75, 3.05) is 32.1 Å². The minimum Gasteiger partial charge on any atom is -0.471 e. The summed E-state index contributed by atoms with van der Waals surface area (Å²) in [6.45, 7) is 1.39. The van der Waals surface area contributed by atoms with Crippen LogP contribution in [0.15, 0.2) is 42.5 Å². The molecule has 1 atom stereocenters. The molecule has 3 rings (SSSR count). The first-order valence-electron chi connectivity index (χ1n) is 9.61. The quantitative estimate of drug-likeness (QED) is 0.671. The van der Waals surface area contributed by atoms with Gasteiger partial charge in [-0.3, -0.25) is 4.79 Å². The van der Waals surface area contributed by atoms with E-state index in [-0.39, 0.29) is 12.0 Å². The van der Waals surface area contributed by atoms with Gasteiger partial charge in [0.2, 0.25) is 11.8 Å². The summed E-state index contributed by atoms with van der Waals surface area (Å²) < 4.78 is 5.89. The molecule has 6 nitrogen and oxygen atoms in total. The fourth-order valence-corrected chi connectivity index (χ4v) is 3.24. The summed E-state index contributed by atoms with van der Waals surface area (Å²) in [4.78, 5) is 16.2. The second-order valence-electron chi connectivity index (χ2n) is 7.19. The largest absolute Gasteiger partial charge is 0.471 e. The maximum absolute atomic E-state index is 12.4. The van der Waals surface area contributed by atoms with Crippen LogP contribution in [-0.4, -0.2) is 54.3 Å². The third-order valence-electron chi connectivity index (χ3n) is 4.82. The number of carbonyl (C=O) groups excluding carboxylic acids is 1. The Hall–Kier alpha value is -2.63. The number of likely N-dealkylation sites (tertiary alicyclic amines) is 1. The number of aromatic nitrogens is 2. The fourth-order valence-electron chi connectivity index (χ4n) is 3.24. The van der Waals surface area contributed by atoms with E-state index in [2.05, 4.69) is 34.5 Å². The van der Waals surface area contributed by atoms with Gasteiger partial charge in [0.1, 0.15) is 6.10 Å². The Morgan fingerprint density at radius 2 is 1.96 bits per heavy atom. The molecular weight excluding hydrogens is 340 g/mol. The van der Waals surface area contributed by atoms with Gasteiger partial charge in [0.15, 0.2) is 5.82 Å². The van der Waals surface area contributed by atoms with Crippen molar-refractivity contribution in [3.8, 4) is 5.88 Å².